The molecule has 0 aliphatic carbocycles. The van der Waals surface area contributed by atoms with E-state index in [4.69, 9.17) is 10.5 Å². The molecule has 4 heteroatoms. The number of aryl methyl sites for hydroxylation is 1. The standard InChI is InChI=1S/C16H26N2O2/c1-5-14(6-2)18(9-10-20-4)16(19)15-11-13(17)8-7-12(15)3/h7-8,11,14H,5-6,9-10,17H2,1-4H3. The third-order valence-electron chi connectivity index (χ3n) is 3.67. The number of carbonyl (C=O) groups excluding carboxylic acids is 1. The van der Waals surface area contributed by atoms with Crippen LogP contribution in [0.15, 0.2) is 18.2 Å². The summed E-state index contributed by atoms with van der Waals surface area (Å²) in [4.78, 5) is 14.7. The van der Waals surface area contributed by atoms with Crippen LogP contribution in [0.1, 0.15) is 42.6 Å². The zero-order valence-electron chi connectivity index (χ0n) is 13.0. The molecule has 20 heavy (non-hydrogen) atoms. The van der Waals surface area contributed by atoms with Gasteiger partial charge in [0.05, 0.1) is 6.61 Å². The molecule has 0 aliphatic rings. The van der Waals surface area contributed by atoms with Crippen LogP contribution in [0.2, 0.25) is 0 Å². The third kappa shape index (κ3) is 3.97. The Hall–Kier alpha value is -1.55. The number of benzene rings is 1. The smallest absolute Gasteiger partial charge is 0.254 e. The minimum atomic E-state index is 0.0422. The van der Waals surface area contributed by atoms with Crippen LogP contribution in [0.3, 0.4) is 0 Å². The summed E-state index contributed by atoms with van der Waals surface area (Å²) in [7, 11) is 1.65. The van der Waals surface area contributed by atoms with Crippen molar-refractivity contribution in [3.05, 3.63) is 29.3 Å². The molecule has 112 valence electrons. The topological polar surface area (TPSA) is 55.6 Å². The summed E-state index contributed by atoms with van der Waals surface area (Å²) in [5.74, 6) is 0.0422. The number of amides is 1. The fraction of sp³-hybridized carbons (Fsp3) is 0.562. The molecular weight excluding hydrogens is 252 g/mol. The quantitative estimate of drug-likeness (QED) is 0.780. The number of hydrogen-bond donors (Lipinski definition) is 1. The van der Waals surface area contributed by atoms with E-state index in [1.54, 1.807) is 13.2 Å². The molecule has 0 aromatic heterocycles. The SMILES string of the molecule is CCC(CC)N(CCOC)C(=O)c1cc(N)ccc1C. The highest BCUT2D eigenvalue weighted by atomic mass is 16.5. The van der Waals surface area contributed by atoms with Crippen LogP contribution in [0.4, 0.5) is 5.69 Å². The molecule has 0 aliphatic heterocycles. The highest BCUT2D eigenvalue weighted by Gasteiger charge is 2.23. The summed E-state index contributed by atoms with van der Waals surface area (Å²) in [6, 6.07) is 5.71. The monoisotopic (exact) mass is 278 g/mol. The van der Waals surface area contributed by atoms with E-state index in [2.05, 4.69) is 13.8 Å². The lowest BCUT2D eigenvalue weighted by Crippen LogP contribution is -2.42. The molecule has 0 unspecified atom stereocenters. The maximum atomic E-state index is 12.8. The van der Waals surface area contributed by atoms with Crippen molar-refractivity contribution in [3.63, 3.8) is 0 Å². The van der Waals surface area contributed by atoms with Crippen LogP contribution in [-0.4, -0.2) is 37.1 Å². The summed E-state index contributed by atoms with van der Waals surface area (Å²) in [6.07, 6.45) is 1.88. The first-order valence-corrected chi connectivity index (χ1v) is 7.21. The van der Waals surface area contributed by atoms with Gasteiger partial charge < -0.3 is 15.4 Å². The summed E-state index contributed by atoms with van der Waals surface area (Å²) in [5.41, 5.74) is 8.08. The molecule has 2 N–H and O–H groups in total. The lowest BCUT2D eigenvalue weighted by molar-refractivity contribution is 0.0589. The zero-order valence-corrected chi connectivity index (χ0v) is 13.0. The van der Waals surface area contributed by atoms with Crippen LogP contribution < -0.4 is 5.73 Å². The Balaban J connectivity index is 3.05. The maximum absolute atomic E-state index is 12.8. The number of ether oxygens (including phenoxy) is 1. The summed E-state index contributed by atoms with van der Waals surface area (Å²) >= 11 is 0. The van der Waals surface area contributed by atoms with Gasteiger partial charge in [-0.15, -0.1) is 0 Å². The van der Waals surface area contributed by atoms with E-state index in [1.807, 2.05) is 24.0 Å². The highest BCUT2D eigenvalue weighted by molar-refractivity contribution is 5.96. The lowest BCUT2D eigenvalue weighted by atomic mass is 10.0. The minimum Gasteiger partial charge on any atom is -0.399 e. The lowest BCUT2D eigenvalue weighted by Gasteiger charge is -2.31. The van der Waals surface area contributed by atoms with Gasteiger partial charge in [0.1, 0.15) is 0 Å². The molecule has 0 saturated heterocycles. The number of nitrogen functional groups attached to an aromatic ring is 1. The van der Waals surface area contributed by atoms with Gasteiger partial charge in [0.25, 0.3) is 5.91 Å². The van der Waals surface area contributed by atoms with Gasteiger partial charge in [0, 0.05) is 30.9 Å². The van der Waals surface area contributed by atoms with Gasteiger partial charge in [-0.2, -0.15) is 0 Å². The molecule has 0 fully saturated rings. The molecule has 0 atom stereocenters. The van der Waals surface area contributed by atoms with Gasteiger partial charge in [-0.3, -0.25) is 4.79 Å². The van der Waals surface area contributed by atoms with Gasteiger partial charge in [-0.1, -0.05) is 19.9 Å². The molecule has 1 aromatic carbocycles. The Morgan fingerprint density at radius 1 is 1.35 bits per heavy atom. The Labute approximate surface area is 121 Å². The van der Waals surface area contributed by atoms with Gasteiger partial charge >= 0.3 is 0 Å². The second kappa shape index (κ2) is 7.90. The van der Waals surface area contributed by atoms with E-state index in [-0.39, 0.29) is 11.9 Å². The zero-order chi connectivity index (χ0) is 15.1. The largest absolute Gasteiger partial charge is 0.399 e. The fourth-order valence-electron chi connectivity index (χ4n) is 2.39. The van der Waals surface area contributed by atoms with Crippen molar-refractivity contribution in [2.45, 2.75) is 39.7 Å². The minimum absolute atomic E-state index is 0.0422. The Morgan fingerprint density at radius 2 is 2.00 bits per heavy atom. The van der Waals surface area contributed by atoms with Crippen LogP contribution in [0, 0.1) is 6.92 Å². The summed E-state index contributed by atoms with van der Waals surface area (Å²) in [5, 5.41) is 0. The molecule has 0 spiro atoms. The second-order valence-corrected chi connectivity index (χ2v) is 5.04. The molecule has 0 saturated carbocycles. The Bertz CT molecular complexity index is 442. The molecule has 1 amide bonds. The Kier molecular flexibility index (Phi) is 6.52. The molecular formula is C16H26N2O2. The molecule has 1 aromatic rings. The third-order valence-corrected chi connectivity index (χ3v) is 3.67. The number of nitrogens with zero attached hydrogens (tertiary/aromatic N) is 1. The number of rotatable bonds is 7. The predicted molar refractivity (Wildman–Crippen MR) is 82.9 cm³/mol. The number of hydrogen-bond acceptors (Lipinski definition) is 3. The van der Waals surface area contributed by atoms with E-state index in [9.17, 15) is 4.79 Å². The number of carbonyl (C=O) groups is 1. The number of methoxy groups -OCH3 is 1. The van der Waals surface area contributed by atoms with Crippen molar-refractivity contribution in [2.75, 3.05) is 26.0 Å². The predicted octanol–water partition coefficient (Wildman–Crippen LogP) is 2.85. The van der Waals surface area contributed by atoms with Crippen LogP contribution >= 0.6 is 0 Å². The Morgan fingerprint density at radius 3 is 2.55 bits per heavy atom. The molecule has 0 bridgehead atoms. The van der Waals surface area contributed by atoms with Crippen molar-refractivity contribution in [3.8, 4) is 0 Å². The van der Waals surface area contributed by atoms with Gasteiger partial charge in [-0.25, -0.2) is 0 Å². The molecule has 4 nitrogen and oxygen atoms in total. The first-order chi connectivity index (χ1) is 9.54. The first kappa shape index (κ1) is 16.5. The summed E-state index contributed by atoms with van der Waals surface area (Å²) in [6.45, 7) is 7.30. The molecule has 0 radical (unpaired) electrons. The van der Waals surface area contributed by atoms with Crippen molar-refractivity contribution >= 4 is 11.6 Å². The van der Waals surface area contributed by atoms with Crippen molar-refractivity contribution in [1.29, 1.82) is 0 Å². The van der Waals surface area contributed by atoms with E-state index < -0.39 is 0 Å². The van der Waals surface area contributed by atoms with E-state index in [0.717, 1.165) is 18.4 Å². The normalized spacial score (nSPS) is 10.8. The van der Waals surface area contributed by atoms with Crippen LogP contribution in [0.5, 0.6) is 0 Å². The average Bonchev–Trinajstić information content (AvgIpc) is 2.45. The molecule has 0 heterocycles. The number of anilines is 1. The van der Waals surface area contributed by atoms with E-state index >= 15 is 0 Å². The van der Waals surface area contributed by atoms with Crippen molar-refractivity contribution in [1.82, 2.24) is 4.90 Å². The van der Waals surface area contributed by atoms with Crippen LogP contribution in [-0.2, 0) is 4.74 Å². The summed E-state index contributed by atoms with van der Waals surface area (Å²) < 4.78 is 5.13. The van der Waals surface area contributed by atoms with Crippen LogP contribution in [0.25, 0.3) is 0 Å². The average molecular weight is 278 g/mol. The van der Waals surface area contributed by atoms with E-state index in [0.29, 0.717) is 24.4 Å². The number of nitrogens with two attached hydrogens (primary N) is 1. The van der Waals surface area contributed by atoms with E-state index in [1.165, 1.54) is 0 Å². The van der Waals surface area contributed by atoms with Gasteiger partial charge in [0.15, 0.2) is 0 Å². The highest BCUT2D eigenvalue weighted by Crippen LogP contribution is 2.18. The van der Waals surface area contributed by atoms with Gasteiger partial charge in [-0.05, 0) is 37.5 Å². The van der Waals surface area contributed by atoms with Gasteiger partial charge in [0.2, 0.25) is 0 Å². The molecule has 1 rings (SSSR count). The fourth-order valence-corrected chi connectivity index (χ4v) is 2.39. The van der Waals surface area contributed by atoms with Crippen molar-refractivity contribution in [2.24, 2.45) is 0 Å². The maximum Gasteiger partial charge on any atom is 0.254 e. The van der Waals surface area contributed by atoms with Crippen molar-refractivity contribution < 1.29 is 9.53 Å². The first-order valence-electron chi connectivity index (χ1n) is 7.21. The second-order valence-electron chi connectivity index (χ2n) is 5.04.